The van der Waals surface area contributed by atoms with Crippen molar-refractivity contribution >= 4 is 15.9 Å². The average molecular weight is 475 g/mol. The van der Waals surface area contributed by atoms with Crippen molar-refractivity contribution < 1.29 is 27.4 Å². The Morgan fingerprint density at radius 3 is 2.30 bits per heavy atom. The van der Waals surface area contributed by atoms with Gasteiger partial charge in [-0.3, -0.25) is 4.79 Å². The minimum atomic E-state index is -3.77. The molecule has 0 radical (unpaired) electrons. The molecule has 0 unspecified atom stereocenters. The minimum Gasteiger partial charge on any atom is -0.490 e. The summed E-state index contributed by atoms with van der Waals surface area (Å²) in [7, 11) is -3.77. The highest BCUT2D eigenvalue weighted by Gasteiger charge is 2.32. The predicted molar refractivity (Wildman–Crippen MR) is 123 cm³/mol. The molecule has 9 heteroatoms. The van der Waals surface area contributed by atoms with Gasteiger partial charge in [0.2, 0.25) is 10.0 Å². The quantitative estimate of drug-likeness (QED) is 0.614. The number of ether oxygens (including phenoxy) is 3. The van der Waals surface area contributed by atoms with Gasteiger partial charge in [-0.25, -0.2) is 8.42 Å². The molecule has 2 heterocycles. The summed E-state index contributed by atoms with van der Waals surface area (Å²) in [6, 6.07) is 14.0. The zero-order chi connectivity index (χ0) is 23.3. The largest absolute Gasteiger partial charge is 0.490 e. The van der Waals surface area contributed by atoms with Crippen LogP contribution in [-0.4, -0.2) is 75.6 Å². The highest BCUT2D eigenvalue weighted by atomic mass is 32.2. The molecule has 2 saturated heterocycles. The SMILES string of the molecule is CCOc1ccccc1OC1CCN(C(=O)c2ccccc2S(=O)(=O)N2CCOCC2)CC1. The van der Waals surface area contributed by atoms with Gasteiger partial charge < -0.3 is 19.1 Å². The lowest BCUT2D eigenvalue weighted by Gasteiger charge is -2.33. The van der Waals surface area contributed by atoms with Gasteiger partial charge in [-0.15, -0.1) is 0 Å². The average Bonchev–Trinajstić information content (AvgIpc) is 2.86. The van der Waals surface area contributed by atoms with Crippen LogP contribution in [0, 0.1) is 0 Å². The zero-order valence-corrected chi connectivity index (χ0v) is 19.6. The van der Waals surface area contributed by atoms with Gasteiger partial charge in [0.25, 0.3) is 5.91 Å². The summed E-state index contributed by atoms with van der Waals surface area (Å²) in [6.07, 6.45) is 1.28. The molecule has 2 aliphatic heterocycles. The maximum absolute atomic E-state index is 13.3. The van der Waals surface area contributed by atoms with Crippen molar-refractivity contribution in [2.24, 2.45) is 0 Å². The van der Waals surface area contributed by atoms with E-state index in [9.17, 15) is 13.2 Å². The lowest BCUT2D eigenvalue weighted by atomic mass is 10.1. The fourth-order valence-electron chi connectivity index (χ4n) is 4.14. The number of rotatable bonds is 7. The van der Waals surface area contributed by atoms with E-state index in [1.165, 1.54) is 10.4 Å². The number of morpholine rings is 1. The molecule has 178 valence electrons. The first-order valence-corrected chi connectivity index (χ1v) is 12.8. The number of hydrogen-bond acceptors (Lipinski definition) is 6. The topological polar surface area (TPSA) is 85.4 Å². The van der Waals surface area contributed by atoms with E-state index in [4.69, 9.17) is 14.2 Å². The third kappa shape index (κ3) is 5.31. The summed E-state index contributed by atoms with van der Waals surface area (Å²) in [4.78, 5) is 15.1. The fraction of sp³-hybridized carbons (Fsp3) is 0.458. The Hall–Kier alpha value is -2.62. The van der Waals surface area contributed by atoms with Crippen molar-refractivity contribution in [1.82, 2.24) is 9.21 Å². The van der Waals surface area contributed by atoms with Gasteiger partial charge in [-0.05, 0) is 31.2 Å². The lowest BCUT2D eigenvalue weighted by Crippen LogP contribution is -2.43. The molecule has 33 heavy (non-hydrogen) atoms. The standard InChI is InChI=1S/C24H30N2O6S/c1-2-31-21-8-4-5-9-22(21)32-19-11-13-25(14-12-19)24(27)20-7-3-6-10-23(20)33(28,29)26-15-17-30-18-16-26/h3-10,19H,2,11-18H2,1H3. The predicted octanol–water partition coefficient (Wildman–Crippen LogP) is 2.79. The smallest absolute Gasteiger partial charge is 0.255 e. The van der Waals surface area contributed by atoms with Crippen LogP contribution in [0.1, 0.15) is 30.1 Å². The number of hydrogen-bond donors (Lipinski definition) is 0. The summed E-state index contributed by atoms with van der Waals surface area (Å²) in [5, 5.41) is 0. The van der Waals surface area contributed by atoms with Gasteiger partial charge in [0, 0.05) is 39.0 Å². The number of likely N-dealkylation sites (tertiary alicyclic amines) is 1. The van der Waals surface area contributed by atoms with E-state index in [-0.39, 0.29) is 35.6 Å². The molecule has 2 aliphatic rings. The van der Waals surface area contributed by atoms with Crippen LogP contribution in [0.5, 0.6) is 11.5 Å². The molecule has 1 amide bonds. The van der Waals surface area contributed by atoms with Crippen LogP contribution < -0.4 is 9.47 Å². The molecule has 8 nitrogen and oxygen atoms in total. The van der Waals surface area contributed by atoms with Crippen LogP contribution in [0.25, 0.3) is 0 Å². The second kappa shape index (κ2) is 10.5. The van der Waals surface area contributed by atoms with Crippen molar-refractivity contribution in [2.45, 2.75) is 30.8 Å². The second-order valence-electron chi connectivity index (χ2n) is 8.00. The Morgan fingerprint density at radius 2 is 1.61 bits per heavy atom. The second-order valence-corrected chi connectivity index (χ2v) is 9.91. The number of carbonyl (C=O) groups excluding carboxylic acids is 1. The maximum Gasteiger partial charge on any atom is 0.255 e. The Kier molecular flexibility index (Phi) is 7.52. The first-order chi connectivity index (χ1) is 16.0. The summed E-state index contributed by atoms with van der Waals surface area (Å²) in [5.41, 5.74) is 0.213. The minimum absolute atomic E-state index is 0.0389. The van der Waals surface area contributed by atoms with E-state index < -0.39 is 10.0 Å². The van der Waals surface area contributed by atoms with Crippen LogP contribution in [0.15, 0.2) is 53.4 Å². The van der Waals surface area contributed by atoms with E-state index in [2.05, 4.69) is 0 Å². The number of carbonyl (C=O) groups is 1. The molecule has 2 fully saturated rings. The fourth-order valence-corrected chi connectivity index (χ4v) is 5.73. The van der Waals surface area contributed by atoms with Crippen molar-refractivity contribution in [3.63, 3.8) is 0 Å². The van der Waals surface area contributed by atoms with Gasteiger partial charge >= 0.3 is 0 Å². The molecule has 0 saturated carbocycles. The molecule has 0 atom stereocenters. The molecular weight excluding hydrogens is 444 g/mol. The molecule has 0 aromatic heterocycles. The number of benzene rings is 2. The molecule has 0 bridgehead atoms. The Balaban J connectivity index is 1.44. The number of para-hydroxylation sites is 2. The molecule has 0 spiro atoms. The third-order valence-corrected chi connectivity index (χ3v) is 7.83. The Bertz CT molecular complexity index is 1060. The van der Waals surface area contributed by atoms with Gasteiger partial charge in [-0.1, -0.05) is 24.3 Å². The summed E-state index contributed by atoms with van der Waals surface area (Å²) >= 11 is 0. The van der Waals surface area contributed by atoms with Crippen molar-refractivity contribution in [2.75, 3.05) is 46.0 Å². The molecule has 4 rings (SSSR count). The number of sulfonamides is 1. The monoisotopic (exact) mass is 474 g/mol. The first kappa shape index (κ1) is 23.5. The van der Waals surface area contributed by atoms with E-state index in [1.54, 1.807) is 23.1 Å². The third-order valence-electron chi connectivity index (χ3n) is 5.88. The van der Waals surface area contributed by atoms with E-state index in [1.807, 2.05) is 31.2 Å². The van der Waals surface area contributed by atoms with Crippen LogP contribution in [0.3, 0.4) is 0 Å². The van der Waals surface area contributed by atoms with Crippen LogP contribution in [0.4, 0.5) is 0 Å². The Morgan fingerprint density at radius 1 is 0.970 bits per heavy atom. The summed E-state index contributed by atoms with van der Waals surface area (Å²) < 4.78 is 44.9. The van der Waals surface area contributed by atoms with Crippen LogP contribution in [-0.2, 0) is 14.8 Å². The van der Waals surface area contributed by atoms with E-state index >= 15 is 0 Å². The van der Waals surface area contributed by atoms with Gasteiger partial charge in [-0.2, -0.15) is 4.31 Å². The van der Waals surface area contributed by atoms with Crippen molar-refractivity contribution in [3.05, 3.63) is 54.1 Å². The highest BCUT2D eigenvalue weighted by molar-refractivity contribution is 7.89. The Labute approximate surface area is 195 Å². The molecule has 0 aliphatic carbocycles. The summed E-state index contributed by atoms with van der Waals surface area (Å²) in [6.45, 7) is 4.76. The van der Waals surface area contributed by atoms with Crippen molar-refractivity contribution in [1.29, 1.82) is 0 Å². The maximum atomic E-state index is 13.3. The van der Waals surface area contributed by atoms with Crippen LogP contribution >= 0.6 is 0 Å². The number of amides is 1. The van der Waals surface area contributed by atoms with Gasteiger partial charge in [0.1, 0.15) is 6.10 Å². The lowest BCUT2D eigenvalue weighted by molar-refractivity contribution is 0.0585. The number of piperidine rings is 1. The van der Waals surface area contributed by atoms with Gasteiger partial charge in [0.05, 0.1) is 30.3 Å². The number of nitrogens with zero attached hydrogens (tertiary/aromatic N) is 2. The van der Waals surface area contributed by atoms with Crippen LogP contribution in [0.2, 0.25) is 0 Å². The zero-order valence-electron chi connectivity index (χ0n) is 18.8. The van der Waals surface area contributed by atoms with E-state index in [0.717, 1.165) is 0 Å². The first-order valence-electron chi connectivity index (χ1n) is 11.4. The van der Waals surface area contributed by atoms with Gasteiger partial charge in [0.15, 0.2) is 11.5 Å². The molecule has 2 aromatic rings. The molecule has 0 N–H and O–H groups in total. The normalized spacial score (nSPS) is 18.2. The van der Waals surface area contributed by atoms with E-state index in [0.29, 0.717) is 57.3 Å². The van der Waals surface area contributed by atoms with Crippen molar-refractivity contribution in [3.8, 4) is 11.5 Å². The summed E-state index contributed by atoms with van der Waals surface area (Å²) in [5.74, 6) is 1.14. The molecular formula is C24H30N2O6S. The highest BCUT2D eigenvalue weighted by Crippen LogP contribution is 2.30. The molecule has 2 aromatic carbocycles.